The number of carbonyl (C=O) groups excluding carboxylic acids is 1. The van der Waals surface area contributed by atoms with Crippen molar-refractivity contribution in [2.24, 2.45) is 0 Å². The van der Waals surface area contributed by atoms with Gasteiger partial charge in [0.05, 0.1) is 18.0 Å². The maximum absolute atomic E-state index is 12.6. The lowest BCUT2D eigenvalue weighted by Gasteiger charge is -2.16. The maximum atomic E-state index is 12.6. The second kappa shape index (κ2) is 8.55. The van der Waals surface area contributed by atoms with Gasteiger partial charge in [-0.05, 0) is 30.2 Å². The Labute approximate surface area is 144 Å². The van der Waals surface area contributed by atoms with Gasteiger partial charge in [0.15, 0.2) is 0 Å². The van der Waals surface area contributed by atoms with E-state index in [1.165, 1.54) is 12.1 Å². The highest BCUT2D eigenvalue weighted by Gasteiger charge is 2.30. The van der Waals surface area contributed by atoms with Crippen molar-refractivity contribution >= 4 is 5.91 Å². The normalized spacial score (nSPS) is 12.5. The first kappa shape index (κ1) is 18.8. The maximum Gasteiger partial charge on any atom is 0.416 e. The van der Waals surface area contributed by atoms with Gasteiger partial charge in [-0.25, -0.2) is 0 Å². The smallest absolute Gasteiger partial charge is 0.416 e. The summed E-state index contributed by atoms with van der Waals surface area (Å²) in [5, 5.41) is 2.76. The van der Waals surface area contributed by atoms with Crippen LogP contribution in [0.25, 0.3) is 0 Å². The van der Waals surface area contributed by atoms with Gasteiger partial charge < -0.3 is 10.1 Å². The number of amides is 1. The molecule has 0 heterocycles. The Morgan fingerprint density at radius 1 is 1.12 bits per heavy atom. The molecule has 134 valence electrons. The molecular formula is C19H20F3NO2. The zero-order chi connectivity index (χ0) is 18.3. The predicted octanol–water partition coefficient (Wildman–Crippen LogP) is 4.39. The van der Waals surface area contributed by atoms with Crippen LogP contribution in [0.1, 0.15) is 30.4 Å². The van der Waals surface area contributed by atoms with Crippen molar-refractivity contribution < 1.29 is 22.7 Å². The molecule has 0 bridgehead atoms. The zero-order valence-electron chi connectivity index (χ0n) is 13.8. The molecule has 2 rings (SSSR count). The first-order chi connectivity index (χ1) is 11.9. The Bertz CT molecular complexity index is 687. The number of rotatable bonds is 7. The molecule has 0 aliphatic rings. The van der Waals surface area contributed by atoms with Gasteiger partial charge in [0, 0.05) is 0 Å². The fraction of sp³-hybridized carbons (Fsp3) is 0.316. The molecule has 2 aromatic rings. The van der Waals surface area contributed by atoms with E-state index < -0.39 is 11.7 Å². The highest BCUT2D eigenvalue weighted by atomic mass is 19.4. The predicted molar refractivity (Wildman–Crippen MR) is 89.4 cm³/mol. The van der Waals surface area contributed by atoms with E-state index in [1.807, 2.05) is 37.3 Å². The molecule has 25 heavy (non-hydrogen) atoms. The van der Waals surface area contributed by atoms with Gasteiger partial charge in [-0.2, -0.15) is 13.2 Å². The second-order valence-electron chi connectivity index (χ2n) is 5.54. The Balaban J connectivity index is 1.84. The van der Waals surface area contributed by atoms with E-state index in [4.69, 9.17) is 4.74 Å². The molecule has 0 aliphatic carbocycles. The van der Waals surface area contributed by atoms with E-state index in [9.17, 15) is 18.0 Å². The summed E-state index contributed by atoms with van der Waals surface area (Å²) in [4.78, 5) is 12.3. The Morgan fingerprint density at radius 2 is 1.84 bits per heavy atom. The summed E-state index contributed by atoms with van der Waals surface area (Å²) in [6.07, 6.45) is -3.75. The standard InChI is InChI=1S/C19H20F3NO2/c1-2-17(14-7-4-3-5-8-14)18(24)23-11-12-25-16-10-6-9-15(13-16)19(20,21)22/h3-10,13,17H,2,11-12H2,1H3,(H,23,24). The summed E-state index contributed by atoms with van der Waals surface area (Å²) in [5.41, 5.74) is 0.172. The van der Waals surface area contributed by atoms with E-state index in [0.29, 0.717) is 6.42 Å². The van der Waals surface area contributed by atoms with E-state index in [0.717, 1.165) is 17.7 Å². The third-order valence-corrected chi connectivity index (χ3v) is 3.76. The van der Waals surface area contributed by atoms with Gasteiger partial charge in [0.1, 0.15) is 12.4 Å². The van der Waals surface area contributed by atoms with Crippen LogP contribution in [0.3, 0.4) is 0 Å². The molecule has 0 radical (unpaired) electrons. The van der Waals surface area contributed by atoms with Crippen molar-refractivity contribution in [3.05, 3.63) is 65.7 Å². The van der Waals surface area contributed by atoms with E-state index in [1.54, 1.807) is 0 Å². The Kier molecular flexibility index (Phi) is 6.44. The Hall–Kier alpha value is -2.50. The van der Waals surface area contributed by atoms with Crippen LogP contribution >= 0.6 is 0 Å². The van der Waals surface area contributed by atoms with Gasteiger partial charge in [-0.15, -0.1) is 0 Å². The molecule has 0 saturated carbocycles. The number of carbonyl (C=O) groups is 1. The van der Waals surface area contributed by atoms with E-state index >= 15 is 0 Å². The molecule has 0 aromatic heterocycles. The van der Waals surface area contributed by atoms with Gasteiger partial charge >= 0.3 is 6.18 Å². The minimum atomic E-state index is -4.41. The fourth-order valence-electron chi connectivity index (χ4n) is 2.49. The lowest BCUT2D eigenvalue weighted by molar-refractivity contribution is -0.137. The molecule has 0 saturated heterocycles. The topological polar surface area (TPSA) is 38.3 Å². The molecule has 1 N–H and O–H groups in total. The van der Waals surface area contributed by atoms with Crippen molar-refractivity contribution in [1.82, 2.24) is 5.32 Å². The number of halogens is 3. The molecule has 0 spiro atoms. The second-order valence-corrected chi connectivity index (χ2v) is 5.54. The van der Waals surface area contributed by atoms with Crippen LogP contribution in [0, 0.1) is 0 Å². The molecule has 1 unspecified atom stereocenters. The minimum Gasteiger partial charge on any atom is -0.492 e. The first-order valence-electron chi connectivity index (χ1n) is 8.04. The lowest BCUT2D eigenvalue weighted by Crippen LogP contribution is -2.32. The molecule has 2 aromatic carbocycles. The average Bonchev–Trinajstić information content (AvgIpc) is 2.60. The summed E-state index contributed by atoms with van der Waals surface area (Å²) < 4.78 is 43.2. The molecule has 3 nitrogen and oxygen atoms in total. The van der Waals surface area contributed by atoms with Crippen LogP contribution in [-0.2, 0) is 11.0 Å². The highest BCUT2D eigenvalue weighted by Crippen LogP contribution is 2.31. The Morgan fingerprint density at radius 3 is 2.48 bits per heavy atom. The van der Waals surface area contributed by atoms with Crippen LogP contribution in [0.4, 0.5) is 13.2 Å². The highest BCUT2D eigenvalue weighted by molar-refractivity contribution is 5.83. The molecule has 0 fully saturated rings. The number of hydrogen-bond donors (Lipinski definition) is 1. The van der Waals surface area contributed by atoms with Crippen molar-refractivity contribution in [2.75, 3.05) is 13.2 Å². The zero-order valence-corrected chi connectivity index (χ0v) is 13.8. The molecule has 6 heteroatoms. The van der Waals surface area contributed by atoms with Gasteiger partial charge in [-0.3, -0.25) is 4.79 Å². The van der Waals surface area contributed by atoms with Gasteiger partial charge in [-0.1, -0.05) is 43.3 Å². The number of ether oxygens (including phenoxy) is 1. The quantitative estimate of drug-likeness (QED) is 0.751. The summed E-state index contributed by atoms with van der Waals surface area (Å²) >= 11 is 0. The lowest BCUT2D eigenvalue weighted by atomic mass is 9.96. The van der Waals surface area contributed by atoms with Crippen molar-refractivity contribution in [1.29, 1.82) is 0 Å². The average molecular weight is 351 g/mol. The number of nitrogens with one attached hydrogen (secondary N) is 1. The van der Waals surface area contributed by atoms with Crippen LogP contribution in [0.5, 0.6) is 5.75 Å². The van der Waals surface area contributed by atoms with Crippen molar-refractivity contribution in [3.63, 3.8) is 0 Å². The van der Waals surface area contributed by atoms with Crippen molar-refractivity contribution in [2.45, 2.75) is 25.4 Å². The molecule has 1 atom stereocenters. The van der Waals surface area contributed by atoms with Crippen LogP contribution in [0.2, 0.25) is 0 Å². The monoisotopic (exact) mass is 351 g/mol. The molecule has 0 aliphatic heterocycles. The summed E-state index contributed by atoms with van der Waals surface area (Å²) in [6.45, 7) is 2.24. The van der Waals surface area contributed by atoms with Gasteiger partial charge in [0.25, 0.3) is 0 Å². The number of hydrogen-bond acceptors (Lipinski definition) is 2. The largest absolute Gasteiger partial charge is 0.492 e. The van der Waals surface area contributed by atoms with E-state index in [2.05, 4.69) is 5.32 Å². The number of alkyl halides is 3. The third kappa shape index (κ3) is 5.52. The fourth-order valence-corrected chi connectivity index (χ4v) is 2.49. The third-order valence-electron chi connectivity index (χ3n) is 3.76. The van der Waals surface area contributed by atoms with E-state index in [-0.39, 0.29) is 30.7 Å². The van der Waals surface area contributed by atoms with Gasteiger partial charge in [0.2, 0.25) is 5.91 Å². The summed E-state index contributed by atoms with van der Waals surface area (Å²) in [6, 6.07) is 14.1. The van der Waals surface area contributed by atoms with Crippen molar-refractivity contribution in [3.8, 4) is 5.75 Å². The first-order valence-corrected chi connectivity index (χ1v) is 8.04. The molecule has 1 amide bonds. The SMILES string of the molecule is CCC(C(=O)NCCOc1cccc(C(F)(F)F)c1)c1ccccc1. The summed E-state index contributed by atoms with van der Waals surface area (Å²) in [7, 11) is 0. The van der Waals surface area contributed by atoms with Crippen LogP contribution < -0.4 is 10.1 Å². The van der Waals surface area contributed by atoms with Crippen LogP contribution in [-0.4, -0.2) is 19.1 Å². The van der Waals surface area contributed by atoms with Crippen LogP contribution in [0.15, 0.2) is 54.6 Å². The number of benzene rings is 2. The molecular weight excluding hydrogens is 331 g/mol. The summed E-state index contributed by atoms with van der Waals surface area (Å²) in [5.74, 6) is -0.254. The minimum absolute atomic E-state index is 0.0955.